The standard InChI is InChI=1S/C17H25N3O/c1-6-10-18-16(15-9-11-19-20(15)4)14-8-7-12(2)13(3)17(14)21-5/h7-9,11,16,18H,6,10H2,1-5H3. The molecule has 2 aromatic rings. The van der Waals surface area contributed by atoms with Crippen LogP contribution in [0, 0.1) is 13.8 Å². The molecule has 0 fully saturated rings. The molecule has 0 spiro atoms. The lowest BCUT2D eigenvalue weighted by Crippen LogP contribution is -2.26. The Morgan fingerprint density at radius 2 is 2.05 bits per heavy atom. The van der Waals surface area contributed by atoms with E-state index in [1.54, 1.807) is 7.11 Å². The lowest BCUT2D eigenvalue weighted by atomic mass is 9.97. The fraction of sp³-hybridized carbons (Fsp3) is 0.471. The molecule has 1 aromatic carbocycles. The van der Waals surface area contributed by atoms with E-state index in [0.717, 1.165) is 30.0 Å². The number of hydrogen-bond donors (Lipinski definition) is 1. The lowest BCUT2D eigenvalue weighted by Gasteiger charge is -2.23. The highest BCUT2D eigenvalue weighted by atomic mass is 16.5. The molecule has 0 aliphatic carbocycles. The van der Waals surface area contributed by atoms with E-state index in [1.807, 2.05) is 17.9 Å². The van der Waals surface area contributed by atoms with Crippen molar-refractivity contribution in [2.24, 2.45) is 7.05 Å². The van der Waals surface area contributed by atoms with E-state index in [4.69, 9.17) is 4.74 Å². The first-order valence-corrected chi connectivity index (χ1v) is 7.45. The van der Waals surface area contributed by atoms with Gasteiger partial charge in [0, 0.05) is 18.8 Å². The van der Waals surface area contributed by atoms with Gasteiger partial charge in [0.1, 0.15) is 5.75 Å². The van der Waals surface area contributed by atoms with Crippen molar-refractivity contribution in [1.29, 1.82) is 0 Å². The molecule has 1 atom stereocenters. The van der Waals surface area contributed by atoms with Gasteiger partial charge in [-0.15, -0.1) is 0 Å². The summed E-state index contributed by atoms with van der Waals surface area (Å²) in [4.78, 5) is 0. The van der Waals surface area contributed by atoms with Crippen LogP contribution in [0.3, 0.4) is 0 Å². The predicted octanol–water partition coefficient (Wildman–Crippen LogP) is 3.13. The molecule has 0 aliphatic heterocycles. The summed E-state index contributed by atoms with van der Waals surface area (Å²) >= 11 is 0. The van der Waals surface area contributed by atoms with Gasteiger partial charge in [-0.05, 0) is 44.0 Å². The van der Waals surface area contributed by atoms with E-state index in [1.165, 1.54) is 11.1 Å². The molecular weight excluding hydrogens is 262 g/mol. The van der Waals surface area contributed by atoms with Gasteiger partial charge in [0.05, 0.1) is 18.8 Å². The van der Waals surface area contributed by atoms with Crippen LogP contribution in [0.2, 0.25) is 0 Å². The molecule has 0 bridgehead atoms. The molecule has 1 N–H and O–H groups in total. The summed E-state index contributed by atoms with van der Waals surface area (Å²) < 4.78 is 7.60. The van der Waals surface area contributed by atoms with Crippen LogP contribution in [0.4, 0.5) is 0 Å². The largest absolute Gasteiger partial charge is 0.496 e. The molecular formula is C17H25N3O. The zero-order valence-corrected chi connectivity index (χ0v) is 13.6. The van der Waals surface area contributed by atoms with E-state index in [9.17, 15) is 0 Å². The lowest BCUT2D eigenvalue weighted by molar-refractivity contribution is 0.398. The van der Waals surface area contributed by atoms with Gasteiger partial charge in [-0.3, -0.25) is 4.68 Å². The molecule has 21 heavy (non-hydrogen) atoms. The summed E-state index contributed by atoms with van der Waals surface area (Å²) in [5, 5.41) is 7.91. The van der Waals surface area contributed by atoms with Crippen molar-refractivity contribution in [3.05, 3.63) is 46.8 Å². The maximum atomic E-state index is 5.69. The van der Waals surface area contributed by atoms with Crippen LogP contribution >= 0.6 is 0 Å². The van der Waals surface area contributed by atoms with Gasteiger partial charge >= 0.3 is 0 Å². The Morgan fingerprint density at radius 1 is 1.29 bits per heavy atom. The maximum absolute atomic E-state index is 5.69. The van der Waals surface area contributed by atoms with Crippen LogP contribution in [0.15, 0.2) is 24.4 Å². The van der Waals surface area contributed by atoms with Gasteiger partial charge < -0.3 is 10.1 Å². The Bertz CT molecular complexity index is 604. The number of hydrogen-bond acceptors (Lipinski definition) is 3. The molecule has 2 rings (SSSR count). The molecule has 1 heterocycles. The van der Waals surface area contributed by atoms with Gasteiger partial charge in [-0.2, -0.15) is 5.10 Å². The molecule has 0 saturated carbocycles. The first kappa shape index (κ1) is 15.6. The zero-order chi connectivity index (χ0) is 15.4. The summed E-state index contributed by atoms with van der Waals surface area (Å²) in [6.07, 6.45) is 2.92. The van der Waals surface area contributed by atoms with Crippen LogP contribution < -0.4 is 10.1 Å². The van der Waals surface area contributed by atoms with Crippen molar-refractivity contribution in [3.8, 4) is 5.75 Å². The Balaban J connectivity index is 2.51. The highest BCUT2D eigenvalue weighted by Crippen LogP contribution is 2.33. The fourth-order valence-electron chi connectivity index (χ4n) is 2.64. The quantitative estimate of drug-likeness (QED) is 0.887. The van der Waals surface area contributed by atoms with Crippen molar-refractivity contribution in [2.45, 2.75) is 33.2 Å². The Hall–Kier alpha value is -1.81. The topological polar surface area (TPSA) is 39.1 Å². The van der Waals surface area contributed by atoms with Crippen molar-refractivity contribution in [3.63, 3.8) is 0 Å². The molecule has 0 amide bonds. The molecule has 0 aliphatic rings. The minimum atomic E-state index is 0.0895. The zero-order valence-electron chi connectivity index (χ0n) is 13.6. The number of methoxy groups -OCH3 is 1. The van der Waals surface area contributed by atoms with Gasteiger partial charge in [0.15, 0.2) is 0 Å². The van der Waals surface area contributed by atoms with Gasteiger partial charge in [-0.1, -0.05) is 19.1 Å². The number of benzene rings is 1. The summed E-state index contributed by atoms with van der Waals surface area (Å²) in [6.45, 7) is 7.34. The van der Waals surface area contributed by atoms with Gasteiger partial charge in [0.2, 0.25) is 0 Å². The average Bonchev–Trinajstić information content (AvgIpc) is 2.89. The Morgan fingerprint density at radius 3 is 2.62 bits per heavy atom. The number of ether oxygens (including phenoxy) is 1. The summed E-state index contributed by atoms with van der Waals surface area (Å²) in [5.74, 6) is 0.963. The van der Waals surface area contributed by atoms with Gasteiger partial charge in [-0.25, -0.2) is 0 Å². The van der Waals surface area contributed by atoms with E-state index in [-0.39, 0.29) is 6.04 Å². The minimum absolute atomic E-state index is 0.0895. The minimum Gasteiger partial charge on any atom is -0.496 e. The first-order valence-electron chi connectivity index (χ1n) is 7.45. The maximum Gasteiger partial charge on any atom is 0.127 e. The summed E-state index contributed by atoms with van der Waals surface area (Å²) in [5.41, 5.74) is 4.75. The van der Waals surface area contributed by atoms with Crippen molar-refractivity contribution in [1.82, 2.24) is 15.1 Å². The molecule has 114 valence electrons. The van der Waals surface area contributed by atoms with E-state index >= 15 is 0 Å². The normalized spacial score (nSPS) is 12.4. The molecule has 1 aromatic heterocycles. The van der Waals surface area contributed by atoms with Crippen LogP contribution in [-0.2, 0) is 7.05 Å². The third-order valence-electron chi connectivity index (χ3n) is 3.98. The Kier molecular flexibility index (Phi) is 5.02. The second-order valence-electron chi connectivity index (χ2n) is 5.40. The van der Waals surface area contributed by atoms with E-state index in [2.05, 4.69) is 49.4 Å². The SMILES string of the molecule is CCCNC(c1ccc(C)c(C)c1OC)c1ccnn1C. The highest BCUT2D eigenvalue weighted by Gasteiger charge is 2.22. The van der Waals surface area contributed by atoms with E-state index in [0.29, 0.717) is 0 Å². The highest BCUT2D eigenvalue weighted by molar-refractivity contribution is 5.48. The number of rotatable bonds is 6. The van der Waals surface area contributed by atoms with Crippen LogP contribution in [0.25, 0.3) is 0 Å². The van der Waals surface area contributed by atoms with Crippen molar-refractivity contribution >= 4 is 0 Å². The number of aryl methyl sites for hydroxylation is 2. The van der Waals surface area contributed by atoms with E-state index < -0.39 is 0 Å². The van der Waals surface area contributed by atoms with Gasteiger partial charge in [0.25, 0.3) is 0 Å². The average molecular weight is 287 g/mol. The molecule has 0 radical (unpaired) electrons. The van der Waals surface area contributed by atoms with Crippen molar-refractivity contribution < 1.29 is 4.74 Å². The number of aromatic nitrogens is 2. The third-order valence-corrected chi connectivity index (χ3v) is 3.98. The molecule has 4 nitrogen and oxygen atoms in total. The van der Waals surface area contributed by atoms with Crippen molar-refractivity contribution in [2.75, 3.05) is 13.7 Å². The molecule has 0 saturated heterocycles. The second-order valence-corrected chi connectivity index (χ2v) is 5.40. The van der Waals surface area contributed by atoms with Crippen LogP contribution in [0.1, 0.15) is 41.8 Å². The van der Waals surface area contributed by atoms with Crippen LogP contribution in [-0.4, -0.2) is 23.4 Å². The molecule has 1 unspecified atom stereocenters. The van der Waals surface area contributed by atoms with Crippen LogP contribution in [0.5, 0.6) is 5.75 Å². The third kappa shape index (κ3) is 3.10. The predicted molar refractivity (Wildman–Crippen MR) is 85.8 cm³/mol. The summed E-state index contributed by atoms with van der Waals surface area (Å²) in [7, 11) is 3.72. The fourth-order valence-corrected chi connectivity index (χ4v) is 2.64. The smallest absolute Gasteiger partial charge is 0.127 e. The second kappa shape index (κ2) is 6.76. The monoisotopic (exact) mass is 287 g/mol. The number of nitrogens with zero attached hydrogens (tertiary/aromatic N) is 2. The Labute approximate surface area is 127 Å². The molecule has 4 heteroatoms. The first-order chi connectivity index (χ1) is 10.1. The number of nitrogens with one attached hydrogen (secondary N) is 1. The summed E-state index contributed by atoms with van der Waals surface area (Å²) in [6, 6.07) is 6.46.